The Bertz CT molecular complexity index is 772. The highest BCUT2D eigenvalue weighted by Gasteiger charge is 2.21. The van der Waals surface area contributed by atoms with Crippen LogP contribution in [0.3, 0.4) is 0 Å². The van der Waals surface area contributed by atoms with Crippen molar-refractivity contribution in [1.82, 2.24) is 9.55 Å². The van der Waals surface area contributed by atoms with Crippen LogP contribution in [0, 0.1) is 0 Å². The molecule has 0 aliphatic heterocycles. The molecule has 2 aromatic heterocycles. The van der Waals surface area contributed by atoms with Gasteiger partial charge in [-0.15, -0.1) is 0 Å². The van der Waals surface area contributed by atoms with E-state index in [1.807, 2.05) is 24.4 Å². The van der Waals surface area contributed by atoms with Gasteiger partial charge in [0, 0.05) is 28.5 Å². The van der Waals surface area contributed by atoms with Gasteiger partial charge in [0.1, 0.15) is 0 Å². The molecule has 0 saturated heterocycles. The third-order valence-corrected chi connectivity index (χ3v) is 4.20. The van der Waals surface area contributed by atoms with Crippen molar-refractivity contribution >= 4 is 16.6 Å². The molecule has 0 bridgehead atoms. The molecule has 0 saturated carbocycles. The van der Waals surface area contributed by atoms with E-state index in [4.69, 9.17) is 5.73 Å². The highest BCUT2D eigenvalue weighted by Crippen LogP contribution is 2.34. The fraction of sp³-hybridized carbons (Fsp3) is 0.235. The second-order valence-electron chi connectivity index (χ2n) is 5.46. The molecule has 0 amide bonds. The number of aromatic nitrogens is 2. The molecule has 0 unspecified atom stereocenters. The van der Waals surface area contributed by atoms with Crippen LogP contribution in [0.2, 0.25) is 0 Å². The summed E-state index contributed by atoms with van der Waals surface area (Å²) in [6.07, 6.45) is 5.44. The minimum atomic E-state index is 0.844. The summed E-state index contributed by atoms with van der Waals surface area (Å²) in [6, 6.07) is 12.4. The number of rotatable bonds is 2. The maximum Gasteiger partial charge on any atom is 0.0651 e. The Hall–Kier alpha value is -2.29. The molecule has 0 spiro atoms. The molecule has 3 aromatic rings. The van der Waals surface area contributed by atoms with E-state index in [1.54, 1.807) is 0 Å². The molecule has 4 rings (SSSR count). The molecule has 20 heavy (non-hydrogen) atoms. The smallest absolute Gasteiger partial charge is 0.0651 e. The van der Waals surface area contributed by atoms with E-state index >= 15 is 0 Å². The van der Waals surface area contributed by atoms with E-state index in [0.717, 1.165) is 24.3 Å². The highest BCUT2D eigenvalue weighted by atomic mass is 15.0. The SMILES string of the molecule is Nc1ccc2c(c1)c1c(n2Cc2ccccn2)CCC1. The Morgan fingerprint density at radius 2 is 2.10 bits per heavy atom. The van der Waals surface area contributed by atoms with Gasteiger partial charge in [-0.25, -0.2) is 0 Å². The maximum absolute atomic E-state index is 5.96. The molecule has 1 aromatic carbocycles. The van der Waals surface area contributed by atoms with Crippen LogP contribution in [0.15, 0.2) is 42.6 Å². The second-order valence-corrected chi connectivity index (χ2v) is 5.46. The normalized spacial score (nSPS) is 13.8. The van der Waals surface area contributed by atoms with Crippen molar-refractivity contribution in [3.05, 3.63) is 59.5 Å². The first-order valence-corrected chi connectivity index (χ1v) is 7.12. The van der Waals surface area contributed by atoms with Crippen molar-refractivity contribution in [2.24, 2.45) is 0 Å². The molecular formula is C17H17N3. The number of nitrogens with two attached hydrogens (primary N) is 1. The van der Waals surface area contributed by atoms with Crippen molar-refractivity contribution in [2.75, 3.05) is 5.73 Å². The summed E-state index contributed by atoms with van der Waals surface area (Å²) in [6.45, 7) is 0.844. The molecule has 2 heterocycles. The van der Waals surface area contributed by atoms with Gasteiger partial charge < -0.3 is 10.3 Å². The number of fused-ring (bicyclic) bond motifs is 3. The van der Waals surface area contributed by atoms with Crippen LogP contribution in [0.25, 0.3) is 10.9 Å². The molecule has 100 valence electrons. The number of hydrogen-bond donors (Lipinski definition) is 1. The summed E-state index contributed by atoms with van der Waals surface area (Å²) < 4.78 is 2.42. The molecule has 1 aliphatic carbocycles. The zero-order valence-corrected chi connectivity index (χ0v) is 11.3. The van der Waals surface area contributed by atoms with E-state index in [2.05, 4.69) is 27.8 Å². The third-order valence-electron chi connectivity index (χ3n) is 4.20. The summed E-state index contributed by atoms with van der Waals surface area (Å²) in [7, 11) is 0. The molecule has 3 heteroatoms. The highest BCUT2D eigenvalue weighted by molar-refractivity contribution is 5.88. The van der Waals surface area contributed by atoms with Crippen molar-refractivity contribution in [2.45, 2.75) is 25.8 Å². The van der Waals surface area contributed by atoms with Crippen LogP contribution in [0.4, 0.5) is 5.69 Å². The average molecular weight is 263 g/mol. The number of benzene rings is 1. The van der Waals surface area contributed by atoms with Gasteiger partial charge >= 0.3 is 0 Å². The quantitative estimate of drug-likeness (QED) is 0.722. The minimum absolute atomic E-state index is 0.844. The van der Waals surface area contributed by atoms with Gasteiger partial charge in [0.2, 0.25) is 0 Å². The first kappa shape index (κ1) is 11.5. The Morgan fingerprint density at radius 3 is 2.95 bits per heavy atom. The molecule has 2 N–H and O–H groups in total. The van der Waals surface area contributed by atoms with Crippen LogP contribution in [-0.4, -0.2) is 9.55 Å². The van der Waals surface area contributed by atoms with E-state index in [-0.39, 0.29) is 0 Å². The Balaban J connectivity index is 1.90. The topological polar surface area (TPSA) is 43.8 Å². The Morgan fingerprint density at radius 1 is 1.15 bits per heavy atom. The summed E-state index contributed by atoms with van der Waals surface area (Å²) in [5.41, 5.74) is 12.2. The van der Waals surface area contributed by atoms with Crippen molar-refractivity contribution < 1.29 is 0 Å². The van der Waals surface area contributed by atoms with Crippen LogP contribution in [0.5, 0.6) is 0 Å². The lowest BCUT2D eigenvalue weighted by Gasteiger charge is -2.09. The predicted molar refractivity (Wildman–Crippen MR) is 81.7 cm³/mol. The Labute approximate surface area is 118 Å². The standard InChI is InChI=1S/C17H17N3/c18-12-7-8-17-15(10-12)14-5-3-6-16(14)20(17)11-13-4-1-2-9-19-13/h1-2,4,7-10H,3,5-6,11,18H2. The summed E-state index contributed by atoms with van der Waals surface area (Å²) in [4.78, 5) is 4.46. The lowest BCUT2D eigenvalue weighted by Crippen LogP contribution is -2.04. The van der Waals surface area contributed by atoms with Gasteiger partial charge in [0.15, 0.2) is 0 Å². The predicted octanol–water partition coefficient (Wildman–Crippen LogP) is 3.16. The molecule has 0 fully saturated rings. The molecule has 0 radical (unpaired) electrons. The first-order valence-electron chi connectivity index (χ1n) is 7.12. The summed E-state index contributed by atoms with van der Waals surface area (Å²) >= 11 is 0. The molecule has 0 atom stereocenters. The van der Waals surface area contributed by atoms with Crippen LogP contribution < -0.4 is 5.73 Å². The zero-order chi connectivity index (χ0) is 13.5. The molecule has 1 aliphatic rings. The Kier molecular flexibility index (Phi) is 2.52. The van der Waals surface area contributed by atoms with Crippen molar-refractivity contribution in [3.8, 4) is 0 Å². The number of hydrogen-bond acceptors (Lipinski definition) is 2. The first-order chi connectivity index (χ1) is 9.83. The average Bonchev–Trinajstić information content (AvgIpc) is 3.04. The van der Waals surface area contributed by atoms with Gasteiger partial charge in [-0.2, -0.15) is 0 Å². The van der Waals surface area contributed by atoms with E-state index in [9.17, 15) is 0 Å². The second kappa shape index (κ2) is 4.37. The number of pyridine rings is 1. The number of nitrogen functional groups attached to an aromatic ring is 1. The summed E-state index contributed by atoms with van der Waals surface area (Å²) in [5, 5.41) is 1.33. The van der Waals surface area contributed by atoms with Gasteiger partial charge in [-0.3, -0.25) is 4.98 Å². The molecular weight excluding hydrogens is 246 g/mol. The largest absolute Gasteiger partial charge is 0.399 e. The lowest BCUT2D eigenvalue weighted by molar-refractivity contribution is 0.750. The third kappa shape index (κ3) is 1.70. The zero-order valence-electron chi connectivity index (χ0n) is 11.3. The van der Waals surface area contributed by atoms with E-state index in [0.29, 0.717) is 0 Å². The number of aryl methyl sites for hydroxylation is 1. The van der Waals surface area contributed by atoms with E-state index in [1.165, 1.54) is 35.0 Å². The van der Waals surface area contributed by atoms with Crippen LogP contribution in [-0.2, 0) is 19.4 Å². The van der Waals surface area contributed by atoms with Gasteiger partial charge in [-0.05, 0) is 55.2 Å². The molecule has 3 nitrogen and oxygen atoms in total. The van der Waals surface area contributed by atoms with Crippen molar-refractivity contribution in [1.29, 1.82) is 0 Å². The fourth-order valence-electron chi connectivity index (χ4n) is 3.33. The summed E-state index contributed by atoms with van der Waals surface area (Å²) in [5.74, 6) is 0. The number of anilines is 1. The van der Waals surface area contributed by atoms with Gasteiger partial charge in [-0.1, -0.05) is 6.07 Å². The van der Waals surface area contributed by atoms with Gasteiger partial charge in [0.05, 0.1) is 12.2 Å². The van der Waals surface area contributed by atoms with Crippen LogP contribution in [0.1, 0.15) is 23.4 Å². The maximum atomic E-state index is 5.96. The number of nitrogens with zero attached hydrogens (tertiary/aromatic N) is 2. The van der Waals surface area contributed by atoms with Gasteiger partial charge in [0.25, 0.3) is 0 Å². The van der Waals surface area contributed by atoms with Crippen LogP contribution >= 0.6 is 0 Å². The van der Waals surface area contributed by atoms with E-state index < -0.39 is 0 Å². The lowest BCUT2D eigenvalue weighted by atomic mass is 10.1. The van der Waals surface area contributed by atoms with Crippen molar-refractivity contribution in [3.63, 3.8) is 0 Å². The fourth-order valence-corrected chi connectivity index (χ4v) is 3.33. The monoisotopic (exact) mass is 263 g/mol. The minimum Gasteiger partial charge on any atom is -0.399 e.